The quantitative estimate of drug-likeness (QED) is 0.101. The van der Waals surface area contributed by atoms with Gasteiger partial charge in [0.2, 0.25) is 0 Å². The van der Waals surface area contributed by atoms with Crippen molar-refractivity contribution in [3.8, 4) is 0 Å². The van der Waals surface area contributed by atoms with Gasteiger partial charge in [-0.15, -0.1) is 0 Å². The summed E-state index contributed by atoms with van der Waals surface area (Å²) in [4.78, 5) is 28.0. The topological polar surface area (TPSA) is 108 Å². The van der Waals surface area contributed by atoms with Gasteiger partial charge in [0.25, 0.3) is 0 Å². The molecule has 2 N–H and O–H groups in total. The number of carbonyl (C=O) groups excluding carboxylic acids is 2. The Hall–Kier alpha value is -2.39. The fourth-order valence-corrected chi connectivity index (χ4v) is 4.60. The second kappa shape index (κ2) is 27.4. The summed E-state index contributed by atoms with van der Waals surface area (Å²) in [6.45, 7) is 5.72. The van der Waals surface area contributed by atoms with Crippen molar-refractivity contribution >= 4 is 12.2 Å². The van der Waals surface area contributed by atoms with Crippen molar-refractivity contribution in [1.29, 1.82) is 0 Å². The first kappa shape index (κ1) is 37.6. The van der Waals surface area contributed by atoms with Gasteiger partial charge >= 0.3 is 12.2 Å². The molecule has 0 aliphatic heterocycles. The van der Waals surface area contributed by atoms with Crippen LogP contribution in [0.25, 0.3) is 0 Å². The van der Waals surface area contributed by atoms with Crippen LogP contribution in [0.5, 0.6) is 0 Å². The fraction of sp³-hybridized carbons (Fsp3) is 0.788. The summed E-state index contributed by atoms with van der Waals surface area (Å²) in [5, 5.41) is 5.35. The van der Waals surface area contributed by atoms with E-state index in [1.165, 1.54) is 90.6 Å². The molecular formula is C33H59N3O6. The van der Waals surface area contributed by atoms with Crippen LogP contribution in [0.3, 0.4) is 0 Å². The zero-order chi connectivity index (χ0) is 30.5. The lowest BCUT2D eigenvalue weighted by molar-refractivity contribution is -0.00476. The molecule has 9 heteroatoms. The molecule has 0 bridgehead atoms. The van der Waals surface area contributed by atoms with Gasteiger partial charge in [-0.25, -0.2) is 9.59 Å². The second-order valence-electron chi connectivity index (χ2n) is 10.9. The third kappa shape index (κ3) is 22.2. The largest absolute Gasteiger partial charge is 0.447 e. The van der Waals surface area contributed by atoms with Crippen LogP contribution in [0.4, 0.5) is 9.59 Å². The number of hydrogen-bond donors (Lipinski definition) is 2. The Morgan fingerprint density at radius 2 is 1.36 bits per heavy atom. The molecule has 0 saturated carbocycles. The van der Waals surface area contributed by atoms with Gasteiger partial charge in [-0.2, -0.15) is 0 Å². The first-order chi connectivity index (χ1) is 20.6. The third-order valence-corrected chi connectivity index (χ3v) is 7.30. The number of rotatable bonds is 27. The van der Waals surface area contributed by atoms with Crippen molar-refractivity contribution in [2.75, 3.05) is 33.5 Å². The zero-order valence-electron chi connectivity index (χ0n) is 26.7. The Balaban J connectivity index is 1.97. The molecule has 0 aliphatic carbocycles. The molecule has 1 aromatic heterocycles. The Labute approximate surface area is 255 Å². The summed E-state index contributed by atoms with van der Waals surface area (Å²) >= 11 is 0. The van der Waals surface area contributed by atoms with Crippen molar-refractivity contribution in [1.82, 2.24) is 15.6 Å². The summed E-state index contributed by atoms with van der Waals surface area (Å²) in [5.41, 5.74) is 0.725. The van der Waals surface area contributed by atoms with Crippen LogP contribution < -0.4 is 10.6 Å². The maximum absolute atomic E-state index is 12.0. The van der Waals surface area contributed by atoms with Gasteiger partial charge in [-0.05, 0) is 31.4 Å². The molecule has 0 spiro atoms. The van der Waals surface area contributed by atoms with E-state index in [-0.39, 0.29) is 25.9 Å². The molecule has 0 radical (unpaired) electrons. The monoisotopic (exact) mass is 593 g/mol. The molecule has 0 aliphatic rings. The van der Waals surface area contributed by atoms with E-state index < -0.39 is 18.3 Å². The summed E-state index contributed by atoms with van der Waals surface area (Å²) in [5.74, 6) is 0. The van der Waals surface area contributed by atoms with Gasteiger partial charge in [-0.3, -0.25) is 4.98 Å². The minimum absolute atomic E-state index is 0.0244. The predicted octanol–water partition coefficient (Wildman–Crippen LogP) is 7.72. The fourth-order valence-electron chi connectivity index (χ4n) is 4.60. The number of pyridine rings is 1. The van der Waals surface area contributed by atoms with Crippen molar-refractivity contribution in [2.45, 2.75) is 135 Å². The predicted molar refractivity (Wildman–Crippen MR) is 168 cm³/mol. The van der Waals surface area contributed by atoms with Gasteiger partial charge in [-0.1, -0.05) is 103 Å². The van der Waals surface area contributed by atoms with Crippen LogP contribution in [0.1, 0.15) is 122 Å². The van der Waals surface area contributed by atoms with Gasteiger partial charge in [0, 0.05) is 26.5 Å². The van der Waals surface area contributed by atoms with Crippen LogP contribution in [0.2, 0.25) is 0 Å². The lowest BCUT2D eigenvalue weighted by Gasteiger charge is -2.17. The summed E-state index contributed by atoms with van der Waals surface area (Å²) < 4.78 is 21.6. The van der Waals surface area contributed by atoms with E-state index in [1.54, 1.807) is 18.3 Å². The lowest BCUT2D eigenvalue weighted by atomic mass is 10.0. The SMILES string of the molecule is CCCCCCCCCCCCCCCC(CC)OCCCNC(=O)OCC(COC(=O)NCc1ccccn1)OC. The van der Waals surface area contributed by atoms with Gasteiger partial charge < -0.3 is 29.6 Å². The molecule has 242 valence electrons. The Morgan fingerprint density at radius 3 is 1.90 bits per heavy atom. The molecule has 1 heterocycles. The summed E-state index contributed by atoms with van der Waals surface area (Å²) in [7, 11) is 1.47. The molecular weight excluding hydrogens is 534 g/mol. The molecule has 2 atom stereocenters. The van der Waals surface area contributed by atoms with E-state index in [1.807, 2.05) is 6.07 Å². The number of hydrogen-bond acceptors (Lipinski definition) is 7. The Bertz CT molecular complexity index is 767. The normalized spacial score (nSPS) is 12.5. The molecule has 0 aromatic carbocycles. The Morgan fingerprint density at radius 1 is 0.762 bits per heavy atom. The van der Waals surface area contributed by atoms with E-state index in [9.17, 15) is 9.59 Å². The molecule has 2 amide bonds. The van der Waals surface area contributed by atoms with Crippen LogP contribution >= 0.6 is 0 Å². The van der Waals surface area contributed by atoms with Gasteiger partial charge in [0.1, 0.15) is 19.3 Å². The van der Waals surface area contributed by atoms with Gasteiger partial charge in [0.15, 0.2) is 0 Å². The number of methoxy groups -OCH3 is 1. The third-order valence-electron chi connectivity index (χ3n) is 7.30. The van der Waals surface area contributed by atoms with Crippen LogP contribution in [0.15, 0.2) is 24.4 Å². The average Bonchev–Trinajstić information content (AvgIpc) is 3.01. The number of nitrogens with one attached hydrogen (secondary N) is 2. The highest BCUT2D eigenvalue weighted by atomic mass is 16.6. The van der Waals surface area contributed by atoms with E-state index in [0.717, 1.165) is 25.0 Å². The highest BCUT2D eigenvalue weighted by Gasteiger charge is 2.14. The maximum atomic E-state index is 12.0. The highest BCUT2D eigenvalue weighted by molar-refractivity contribution is 5.67. The summed E-state index contributed by atoms with van der Waals surface area (Å²) in [6.07, 6.45) is 20.8. The zero-order valence-corrected chi connectivity index (χ0v) is 26.7. The minimum atomic E-state index is -0.591. The molecule has 0 saturated heterocycles. The van der Waals surface area contributed by atoms with Crippen molar-refractivity contribution < 1.29 is 28.5 Å². The van der Waals surface area contributed by atoms with E-state index in [4.69, 9.17) is 18.9 Å². The van der Waals surface area contributed by atoms with Gasteiger partial charge in [0.05, 0.1) is 18.3 Å². The number of amides is 2. The first-order valence-electron chi connectivity index (χ1n) is 16.4. The van der Waals surface area contributed by atoms with Crippen LogP contribution in [-0.4, -0.2) is 62.9 Å². The smallest absolute Gasteiger partial charge is 0.407 e. The highest BCUT2D eigenvalue weighted by Crippen LogP contribution is 2.15. The van der Waals surface area contributed by atoms with Crippen molar-refractivity contribution in [2.24, 2.45) is 0 Å². The first-order valence-corrected chi connectivity index (χ1v) is 16.4. The standard InChI is InChI=1S/C33H59N3O6/c1-4-6-7-8-9-10-11-12-13-14-15-16-17-22-30(5-2)40-25-20-24-35-32(37)41-27-31(39-3)28-42-33(38)36-26-29-21-18-19-23-34-29/h18-19,21,23,30-31H,4-17,20,22,24-28H2,1-3H3,(H,35,37)(H,36,38). The number of carbonyl (C=O) groups is 2. The Kier molecular flexibility index (Phi) is 24.6. The molecule has 1 rings (SSSR count). The van der Waals surface area contributed by atoms with Crippen LogP contribution in [0, 0.1) is 0 Å². The second-order valence-corrected chi connectivity index (χ2v) is 10.9. The number of unbranched alkanes of at least 4 members (excludes halogenated alkanes) is 12. The summed E-state index contributed by atoms with van der Waals surface area (Å²) in [6, 6.07) is 5.45. The van der Waals surface area contributed by atoms with Crippen LogP contribution in [-0.2, 0) is 25.5 Å². The molecule has 42 heavy (non-hydrogen) atoms. The molecule has 9 nitrogen and oxygen atoms in total. The average molecular weight is 594 g/mol. The van der Waals surface area contributed by atoms with E-state index >= 15 is 0 Å². The minimum Gasteiger partial charge on any atom is -0.447 e. The maximum Gasteiger partial charge on any atom is 0.407 e. The molecule has 1 aromatic rings. The molecule has 0 fully saturated rings. The van der Waals surface area contributed by atoms with E-state index in [2.05, 4.69) is 29.5 Å². The number of aromatic nitrogens is 1. The molecule has 2 unspecified atom stereocenters. The van der Waals surface area contributed by atoms with Crippen molar-refractivity contribution in [3.05, 3.63) is 30.1 Å². The number of ether oxygens (including phenoxy) is 4. The van der Waals surface area contributed by atoms with E-state index in [0.29, 0.717) is 13.2 Å². The number of nitrogens with zero attached hydrogens (tertiary/aromatic N) is 1. The number of alkyl carbamates (subject to hydrolysis) is 2. The lowest BCUT2D eigenvalue weighted by Crippen LogP contribution is -2.34. The van der Waals surface area contributed by atoms with Crippen molar-refractivity contribution in [3.63, 3.8) is 0 Å².